The van der Waals surface area contributed by atoms with E-state index in [0.717, 1.165) is 0 Å². The maximum Gasteiger partial charge on any atom is 0.320 e. The van der Waals surface area contributed by atoms with Gasteiger partial charge in [-0.15, -0.1) is 0 Å². The molecule has 1 fully saturated rings. The average molecular weight is 287 g/mol. The molecule has 1 saturated heterocycles. The zero-order chi connectivity index (χ0) is 15.4. The van der Waals surface area contributed by atoms with Gasteiger partial charge in [-0.1, -0.05) is 19.8 Å². The van der Waals surface area contributed by atoms with Gasteiger partial charge < -0.3 is 21.5 Å². The van der Waals surface area contributed by atoms with Gasteiger partial charge in [0.2, 0.25) is 5.91 Å². The third-order valence-electron chi connectivity index (χ3n) is 3.30. The summed E-state index contributed by atoms with van der Waals surface area (Å²) in [6.45, 7) is 6.35. The predicted octanol–water partition coefficient (Wildman–Crippen LogP) is 0.936. The molecule has 1 aliphatic rings. The second-order valence-electron chi connectivity index (χ2n) is 5.21. The summed E-state index contributed by atoms with van der Waals surface area (Å²) >= 11 is 0. The van der Waals surface area contributed by atoms with Gasteiger partial charge in [-0.2, -0.15) is 0 Å². The van der Waals surface area contributed by atoms with Gasteiger partial charge in [0.1, 0.15) is 6.04 Å². The molecule has 0 saturated carbocycles. The number of hydrogen-bond donors (Lipinski definition) is 3. The summed E-state index contributed by atoms with van der Waals surface area (Å²) in [6, 6.07) is -0.979. The molecular weight excluding hydrogens is 258 g/mol. The molecule has 0 radical (unpaired) electrons. The fourth-order valence-electron chi connectivity index (χ4n) is 2.01. The van der Waals surface area contributed by atoms with Gasteiger partial charge in [-0.05, 0) is 45.3 Å². The van der Waals surface area contributed by atoms with Crippen LogP contribution in [0.1, 0.15) is 51.9 Å². The van der Waals surface area contributed by atoms with Gasteiger partial charge in [0.05, 0.1) is 0 Å². The van der Waals surface area contributed by atoms with Crippen molar-refractivity contribution in [3.05, 3.63) is 0 Å². The van der Waals surface area contributed by atoms with E-state index in [2.05, 4.69) is 11.8 Å². The Morgan fingerprint density at radius 2 is 1.85 bits per heavy atom. The highest BCUT2D eigenvalue weighted by Crippen LogP contribution is 2.08. The number of likely N-dealkylation sites (tertiary alicyclic amines) is 1. The first-order valence-corrected chi connectivity index (χ1v) is 7.46. The Balaban J connectivity index is 0.000000361. The van der Waals surface area contributed by atoms with E-state index in [1.807, 2.05) is 0 Å². The minimum absolute atomic E-state index is 0.0213. The highest BCUT2D eigenvalue weighted by atomic mass is 16.4. The molecule has 5 N–H and O–H groups in total. The van der Waals surface area contributed by atoms with Crippen molar-refractivity contribution < 1.29 is 14.7 Å². The molecule has 0 aromatic carbocycles. The minimum atomic E-state index is -1.11. The summed E-state index contributed by atoms with van der Waals surface area (Å²) in [6.07, 6.45) is 7.18. The van der Waals surface area contributed by atoms with Crippen LogP contribution in [-0.4, -0.2) is 47.6 Å². The van der Waals surface area contributed by atoms with E-state index in [0.29, 0.717) is 0 Å². The molecule has 118 valence electrons. The number of carboxylic acid groups (broad SMARTS) is 1. The first-order valence-electron chi connectivity index (χ1n) is 7.46. The van der Waals surface area contributed by atoms with Crippen LogP contribution >= 0.6 is 0 Å². The van der Waals surface area contributed by atoms with Crippen LogP contribution in [0.15, 0.2) is 0 Å². The molecule has 20 heavy (non-hydrogen) atoms. The van der Waals surface area contributed by atoms with Crippen molar-refractivity contribution in [2.24, 2.45) is 11.5 Å². The summed E-state index contributed by atoms with van der Waals surface area (Å²) < 4.78 is 0. The third kappa shape index (κ3) is 10.8. The van der Waals surface area contributed by atoms with Gasteiger partial charge in [0.25, 0.3) is 0 Å². The van der Waals surface area contributed by atoms with E-state index in [4.69, 9.17) is 16.6 Å². The summed E-state index contributed by atoms with van der Waals surface area (Å²) in [5.41, 5.74) is 9.81. The molecule has 1 amide bonds. The van der Waals surface area contributed by atoms with Crippen LogP contribution in [-0.2, 0) is 9.59 Å². The lowest BCUT2D eigenvalue weighted by Gasteiger charge is -2.12. The highest BCUT2D eigenvalue weighted by molar-refractivity contribution is 5.76. The first-order chi connectivity index (χ1) is 9.47. The summed E-state index contributed by atoms with van der Waals surface area (Å²) in [4.78, 5) is 22.7. The predicted molar refractivity (Wildman–Crippen MR) is 79.2 cm³/mol. The molecule has 1 heterocycles. The normalized spacial score (nSPS) is 16.3. The largest absolute Gasteiger partial charge is 0.480 e. The van der Waals surface area contributed by atoms with E-state index in [-0.39, 0.29) is 12.8 Å². The number of rotatable bonds is 8. The summed E-state index contributed by atoms with van der Waals surface area (Å²) in [5, 5.41) is 8.22. The maximum absolute atomic E-state index is 10.1. The van der Waals surface area contributed by atoms with Crippen molar-refractivity contribution in [1.29, 1.82) is 0 Å². The number of carboxylic acids is 1. The molecule has 6 heteroatoms. The van der Waals surface area contributed by atoms with Crippen LogP contribution in [0.25, 0.3) is 0 Å². The van der Waals surface area contributed by atoms with Crippen molar-refractivity contribution in [3.8, 4) is 0 Å². The Labute approximate surface area is 121 Å². The number of aliphatic carboxylic acids is 1. The first kappa shape index (κ1) is 18.9. The van der Waals surface area contributed by atoms with Crippen LogP contribution in [0.4, 0.5) is 0 Å². The molecule has 0 aromatic heterocycles. The zero-order valence-electron chi connectivity index (χ0n) is 12.5. The molecule has 0 aliphatic carbocycles. The van der Waals surface area contributed by atoms with Crippen LogP contribution in [0, 0.1) is 0 Å². The number of hydrogen-bond acceptors (Lipinski definition) is 4. The molecular formula is C14H29N3O3. The monoisotopic (exact) mass is 287 g/mol. The topological polar surface area (TPSA) is 110 Å². The van der Waals surface area contributed by atoms with Crippen molar-refractivity contribution in [2.45, 2.75) is 57.9 Å². The molecule has 1 atom stereocenters. The van der Waals surface area contributed by atoms with Crippen molar-refractivity contribution in [1.82, 2.24) is 4.90 Å². The van der Waals surface area contributed by atoms with Gasteiger partial charge in [-0.3, -0.25) is 9.59 Å². The van der Waals surface area contributed by atoms with Gasteiger partial charge in [0.15, 0.2) is 0 Å². The Hall–Kier alpha value is -1.14. The molecule has 0 bridgehead atoms. The number of carbonyl (C=O) groups is 2. The van der Waals surface area contributed by atoms with Crippen LogP contribution in [0.3, 0.4) is 0 Å². The van der Waals surface area contributed by atoms with Crippen LogP contribution in [0.2, 0.25) is 0 Å². The average Bonchev–Trinajstić information content (AvgIpc) is 2.90. The molecule has 1 unspecified atom stereocenters. The van der Waals surface area contributed by atoms with E-state index in [1.165, 1.54) is 51.7 Å². The standard InChI is InChI=1S/C9H19N.C5H10N2O3/c1-2-3-4-7-10-8-5-6-9-10;6-3(5(9)10)1-2-4(7)8/h2-9H2,1H3;3H,1-2,6H2,(H2,7,8)(H,9,10). The molecule has 1 rings (SSSR count). The second kappa shape index (κ2) is 11.7. The number of unbranched alkanes of at least 4 members (excludes halogenated alkanes) is 2. The molecule has 6 nitrogen and oxygen atoms in total. The van der Waals surface area contributed by atoms with E-state index in [9.17, 15) is 9.59 Å². The lowest BCUT2D eigenvalue weighted by molar-refractivity contribution is -0.138. The van der Waals surface area contributed by atoms with Crippen LogP contribution in [0.5, 0.6) is 0 Å². The Morgan fingerprint density at radius 1 is 1.25 bits per heavy atom. The number of amides is 1. The summed E-state index contributed by atoms with van der Waals surface area (Å²) in [5.74, 6) is -1.64. The number of nitrogens with zero attached hydrogens (tertiary/aromatic N) is 1. The lowest BCUT2D eigenvalue weighted by atomic mass is 10.2. The van der Waals surface area contributed by atoms with Crippen molar-refractivity contribution in [2.75, 3.05) is 19.6 Å². The van der Waals surface area contributed by atoms with Gasteiger partial charge >= 0.3 is 5.97 Å². The quantitative estimate of drug-likeness (QED) is 0.575. The fourth-order valence-corrected chi connectivity index (χ4v) is 2.01. The molecule has 0 aromatic rings. The Bertz CT molecular complexity index is 279. The van der Waals surface area contributed by atoms with Crippen molar-refractivity contribution >= 4 is 11.9 Å². The van der Waals surface area contributed by atoms with Gasteiger partial charge in [0, 0.05) is 6.42 Å². The fraction of sp³-hybridized carbons (Fsp3) is 0.857. The molecule has 1 aliphatic heterocycles. The maximum atomic E-state index is 10.1. The van der Waals surface area contributed by atoms with E-state index < -0.39 is 17.9 Å². The Morgan fingerprint density at radius 3 is 2.30 bits per heavy atom. The highest BCUT2D eigenvalue weighted by Gasteiger charge is 2.11. The number of primary amides is 1. The summed E-state index contributed by atoms with van der Waals surface area (Å²) in [7, 11) is 0. The number of nitrogens with two attached hydrogens (primary N) is 2. The van der Waals surface area contributed by atoms with E-state index >= 15 is 0 Å². The Kier molecular flexibility index (Phi) is 11.0. The second-order valence-corrected chi connectivity index (χ2v) is 5.21. The minimum Gasteiger partial charge on any atom is -0.480 e. The smallest absolute Gasteiger partial charge is 0.320 e. The molecule has 0 spiro atoms. The van der Waals surface area contributed by atoms with Crippen molar-refractivity contribution in [3.63, 3.8) is 0 Å². The SMILES string of the molecule is CCCCCN1CCCC1.NC(=O)CCC(N)C(=O)O. The van der Waals surface area contributed by atoms with Gasteiger partial charge in [-0.25, -0.2) is 0 Å². The zero-order valence-corrected chi connectivity index (χ0v) is 12.5. The lowest BCUT2D eigenvalue weighted by Crippen LogP contribution is -2.31. The van der Waals surface area contributed by atoms with E-state index in [1.54, 1.807) is 0 Å². The third-order valence-corrected chi connectivity index (χ3v) is 3.30. The van der Waals surface area contributed by atoms with Crippen LogP contribution < -0.4 is 11.5 Å². The number of carbonyl (C=O) groups excluding carboxylic acids is 1.